The molecule has 1 aliphatic rings. The first kappa shape index (κ1) is 11.8. The molecule has 0 amide bonds. The normalized spacial score (nSPS) is 19.9. The van der Waals surface area contributed by atoms with E-state index in [1.54, 1.807) is 11.3 Å². The lowest BCUT2D eigenvalue weighted by Crippen LogP contribution is -2.28. The molecule has 2 aromatic heterocycles. The van der Waals surface area contributed by atoms with Crippen molar-refractivity contribution in [3.05, 3.63) is 35.0 Å². The summed E-state index contributed by atoms with van der Waals surface area (Å²) in [6.45, 7) is 4.36. The molecule has 1 saturated heterocycles. The van der Waals surface area contributed by atoms with E-state index in [0.29, 0.717) is 5.92 Å². The Kier molecular flexibility index (Phi) is 3.39. The number of thiazole rings is 1. The van der Waals surface area contributed by atoms with Crippen LogP contribution in [-0.4, -0.2) is 23.1 Å². The average molecular weight is 259 g/mol. The van der Waals surface area contributed by atoms with E-state index in [-0.39, 0.29) is 0 Å². The van der Waals surface area contributed by atoms with Crippen LogP contribution in [0.2, 0.25) is 0 Å². The average Bonchev–Trinajstić information content (AvgIpc) is 2.83. The smallest absolute Gasteiger partial charge is 0.142 e. The minimum absolute atomic E-state index is 0.633. The van der Waals surface area contributed by atoms with Crippen molar-refractivity contribution in [1.29, 1.82) is 0 Å². The van der Waals surface area contributed by atoms with Gasteiger partial charge in [-0.05, 0) is 38.4 Å². The van der Waals surface area contributed by atoms with Gasteiger partial charge in [-0.1, -0.05) is 6.07 Å². The number of aromatic nitrogens is 2. The molecule has 18 heavy (non-hydrogen) atoms. The molecular weight excluding hydrogens is 242 g/mol. The van der Waals surface area contributed by atoms with Crippen molar-refractivity contribution in [3.63, 3.8) is 0 Å². The van der Waals surface area contributed by atoms with Gasteiger partial charge >= 0.3 is 0 Å². The van der Waals surface area contributed by atoms with Crippen molar-refractivity contribution in [1.82, 2.24) is 15.3 Å². The molecule has 0 aromatic carbocycles. The molecule has 4 heteroatoms. The highest BCUT2D eigenvalue weighted by Crippen LogP contribution is 2.34. The van der Waals surface area contributed by atoms with Crippen molar-refractivity contribution in [2.75, 3.05) is 13.1 Å². The van der Waals surface area contributed by atoms with Gasteiger partial charge in [-0.25, -0.2) is 4.98 Å². The van der Waals surface area contributed by atoms with E-state index in [4.69, 9.17) is 0 Å². The van der Waals surface area contributed by atoms with Gasteiger partial charge in [0.1, 0.15) is 5.01 Å². The molecule has 3 heterocycles. The Morgan fingerprint density at radius 3 is 3.06 bits per heavy atom. The fraction of sp³-hybridized carbons (Fsp3) is 0.429. The lowest BCUT2D eigenvalue weighted by Gasteiger charge is -2.21. The SMILES string of the molecule is Cc1nc(-c2ccccn2)sc1C1CCCNC1. The summed E-state index contributed by atoms with van der Waals surface area (Å²) < 4.78 is 0. The van der Waals surface area contributed by atoms with Crippen LogP contribution in [0, 0.1) is 6.92 Å². The molecule has 0 aliphatic carbocycles. The second-order valence-electron chi connectivity index (χ2n) is 4.73. The maximum absolute atomic E-state index is 4.68. The molecule has 0 spiro atoms. The summed E-state index contributed by atoms with van der Waals surface area (Å²) in [7, 11) is 0. The molecule has 1 unspecified atom stereocenters. The summed E-state index contributed by atoms with van der Waals surface area (Å²) >= 11 is 1.81. The first-order chi connectivity index (χ1) is 8.84. The molecule has 1 aliphatic heterocycles. The Morgan fingerprint density at radius 2 is 2.33 bits per heavy atom. The molecule has 3 nitrogen and oxygen atoms in total. The number of piperidine rings is 1. The standard InChI is InChI=1S/C14H17N3S/c1-10-13(11-5-4-7-15-9-11)18-14(17-10)12-6-2-3-8-16-12/h2-3,6,8,11,15H,4-5,7,9H2,1H3. The van der Waals surface area contributed by atoms with Gasteiger partial charge in [0.2, 0.25) is 0 Å². The minimum Gasteiger partial charge on any atom is -0.316 e. The lowest BCUT2D eigenvalue weighted by molar-refractivity contribution is 0.464. The number of hydrogen-bond acceptors (Lipinski definition) is 4. The van der Waals surface area contributed by atoms with E-state index >= 15 is 0 Å². The quantitative estimate of drug-likeness (QED) is 0.901. The van der Waals surface area contributed by atoms with Gasteiger partial charge in [-0.15, -0.1) is 11.3 Å². The highest BCUT2D eigenvalue weighted by Gasteiger charge is 2.21. The van der Waals surface area contributed by atoms with Crippen LogP contribution in [0.3, 0.4) is 0 Å². The summed E-state index contributed by atoms with van der Waals surface area (Å²) in [5, 5.41) is 4.52. The van der Waals surface area contributed by atoms with E-state index in [1.807, 2.05) is 24.4 Å². The molecule has 94 valence electrons. The van der Waals surface area contributed by atoms with E-state index in [2.05, 4.69) is 22.2 Å². The maximum Gasteiger partial charge on any atom is 0.142 e. The zero-order chi connectivity index (χ0) is 12.4. The van der Waals surface area contributed by atoms with Crippen LogP contribution < -0.4 is 5.32 Å². The van der Waals surface area contributed by atoms with Gasteiger partial charge in [0.15, 0.2) is 0 Å². The van der Waals surface area contributed by atoms with Gasteiger partial charge in [0.05, 0.1) is 11.4 Å². The van der Waals surface area contributed by atoms with Crippen molar-refractivity contribution in [3.8, 4) is 10.7 Å². The Morgan fingerprint density at radius 1 is 1.39 bits per heavy atom. The van der Waals surface area contributed by atoms with Crippen LogP contribution in [-0.2, 0) is 0 Å². The molecule has 1 N–H and O–H groups in total. The van der Waals surface area contributed by atoms with Crippen LogP contribution in [0.1, 0.15) is 29.3 Å². The van der Waals surface area contributed by atoms with Crippen molar-refractivity contribution in [2.24, 2.45) is 0 Å². The van der Waals surface area contributed by atoms with E-state index < -0.39 is 0 Å². The van der Waals surface area contributed by atoms with Crippen LogP contribution >= 0.6 is 11.3 Å². The zero-order valence-corrected chi connectivity index (χ0v) is 11.3. The second kappa shape index (κ2) is 5.16. The Bertz CT molecular complexity index is 515. The first-order valence-corrected chi connectivity index (χ1v) is 7.25. The molecule has 1 fully saturated rings. The van der Waals surface area contributed by atoms with Crippen LogP contribution in [0.5, 0.6) is 0 Å². The molecule has 0 radical (unpaired) electrons. The molecule has 0 saturated carbocycles. The maximum atomic E-state index is 4.68. The number of pyridine rings is 1. The predicted octanol–water partition coefficient (Wildman–Crippen LogP) is 2.98. The zero-order valence-electron chi connectivity index (χ0n) is 10.5. The number of rotatable bonds is 2. The number of aryl methyl sites for hydroxylation is 1. The molecule has 1 atom stereocenters. The highest BCUT2D eigenvalue weighted by atomic mass is 32.1. The summed E-state index contributed by atoms with van der Waals surface area (Å²) in [5.74, 6) is 0.633. The van der Waals surface area contributed by atoms with Crippen molar-refractivity contribution in [2.45, 2.75) is 25.7 Å². The van der Waals surface area contributed by atoms with Gasteiger partial charge in [0.25, 0.3) is 0 Å². The summed E-state index contributed by atoms with van der Waals surface area (Å²) in [4.78, 5) is 10.5. The number of nitrogens with one attached hydrogen (secondary N) is 1. The third-order valence-corrected chi connectivity index (χ3v) is 4.73. The molecule has 3 rings (SSSR count). The highest BCUT2D eigenvalue weighted by molar-refractivity contribution is 7.15. The lowest BCUT2D eigenvalue weighted by atomic mass is 9.97. The first-order valence-electron chi connectivity index (χ1n) is 6.44. The van der Waals surface area contributed by atoms with Gasteiger partial charge in [-0.3, -0.25) is 4.98 Å². The Labute approximate surface area is 111 Å². The van der Waals surface area contributed by atoms with Crippen molar-refractivity contribution < 1.29 is 0 Å². The fourth-order valence-electron chi connectivity index (χ4n) is 2.46. The summed E-state index contributed by atoms with van der Waals surface area (Å²) in [6.07, 6.45) is 4.37. The largest absolute Gasteiger partial charge is 0.316 e. The van der Waals surface area contributed by atoms with Crippen LogP contribution in [0.15, 0.2) is 24.4 Å². The Balaban J connectivity index is 1.91. The Hall–Kier alpha value is -1.26. The summed E-state index contributed by atoms with van der Waals surface area (Å²) in [6, 6.07) is 5.98. The minimum atomic E-state index is 0.633. The second-order valence-corrected chi connectivity index (χ2v) is 5.76. The third-order valence-electron chi connectivity index (χ3n) is 3.38. The fourth-order valence-corrected chi connectivity index (χ4v) is 3.64. The van der Waals surface area contributed by atoms with E-state index in [0.717, 1.165) is 23.8 Å². The molecule has 2 aromatic rings. The molecule has 0 bridgehead atoms. The topological polar surface area (TPSA) is 37.8 Å². The van der Waals surface area contributed by atoms with E-state index in [9.17, 15) is 0 Å². The van der Waals surface area contributed by atoms with Gasteiger partial charge in [-0.2, -0.15) is 0 Å². The number of nitrogens with zero attached hydrogens (tertiary/aromatic N) is 2. The molecular formula is C14H17N3S. The third kappa shape index (κ3) is 2.31. The van der Waals surface area contributed by atoms with Crippen LogP contribution in [0.4, 0.5) is 0 Å². The van der Waals surface area contributed by atoms with Gasteiger partial charge in [0, 0.05) is 23.5 Å². The van der Waals surface area contributed by atoms with Gasteiger partial charge < -0.3 is 5.32 Å². The van der Waals surface area contributed by atoms with Crippen molar-refractivity contribution >= 4 is 11.3 Å². The summed E-state index contributed by atoms with van der Waals surface area (Å²) in [5.41, 5.74) is 2.16. The predicted molar refractivity (Wildman–Crippen MR) is 74.9 cm³/mol. The monoisotopic (exact) mass is 259 g/mol. The number of hydrogen-bond donors (Lipinski definition) is 1. The van der Waals surface area contributed by atoms with E-state index in [1.165, 1.54) is 23.4 Å². The van der Waals surface area contributed by atoms with Crippen LogP contribution in [0.25, 0.3) is 10.7 Å².